The number of benzene rings is 3. The van der Waals surface area contributed by atoms with Crippen LogP contribution in [0, 0.1) is 17.5 Å². The molecule has 29 heavy (non-hydrogen) atoms. The van der Waals surface area contributed by atoms with E-state index in [4.69, 9.17) is 0 Å². The van der Waals surface area contributed by atoms with Gasteiger partial charge in [-0.15, -0.1) is 0 Å². The highest BCUT2D eigenvalue weighted by molar-refractivity contribution is 5.87. The zero-order chi connectivity index (χ0) is 20.4. The van der Waals surface area contributed by atoms with E-state index in [-0.39, 0.29) is 5.82 Å². The Morgan fingerprint density at radius 3 is 2.28 bits per heavy atom. The predicted molar refractivity (Wildman–Crippen MR) is 108 cm³/mol. The molecule has 146 valence electrons. The third kappa shape index (κ3) is 3.99. The highest BCUT2D eigenvalue weighted by atomic mass is 19.2. The van der Waals surface area contributed by atoms with Crippen LogP contribution in [0.3, 0.4) is 0 Å². The molecular weight excluding hydrogens is 373 g/mol. The van der Waals surface area contributed by atoms with Gasteiger partial charge in [0.05, 0.1) is 0 Å². The van der Waals surface area contributed by atoms with Crippen molar-refractivity contribution in [3.63, 3.8) is 0 Å². The van der Waals surface area contributed by atoms with Gasteiger partial charge >= 0.3 is 0 Å². The van der Waals surface area contributed by atoms with Crippen LogP contribution in [-0.2, 0) is 19.3 Å². The fourth-order valence-corrected chi connectivity index (χ4v) is 3.33. The lowest BCUT2D eigenvalue weighted by Gasteiger charge is -2.09. The van der Waals surface area contributed by atoms with E-state index in [0.29, 0.717) is 35.2 Å². The largest absolute Gasteiger partial charge is 0.236 e. The van der Waals surface area contributed by atoms with Gasteiger partial charge in [0.15, 0.2) is 17.5 Å². The van der Waals surface area contributed by atoms with Gasteiger partial charge in [0.1, 0.15) is 5.82 Å². The molecule has 5 heteroatoms. The quantitative estimate of drug-likeness (QED) is 0.412. The Labute approximate surface area is 167 Å². The van der Waals surface area contributed by atoms with E-state index in [2.05, 4.69) is 9.97 Å². The molecule has 0 bridgehead atoms. The lowest BCUT2D eigenvalue weighted by Crippen LogP contribution is -1.97. The summed E-state index contributed by atoms with van der Waals surface area (Å²) in [5.41, 5.74) is 3.06. The van der Waals surface area contributed by atoms with Crippen LogP contribution in [-0.4, -0.2) is 9.97 Å². The molecule has 0 saturated carbocycles. The fourth-order valence-electron chi connectivity index (χ4n) is 3.33. The molecule has 3 aromatic carbocycles. The van der Waals surface area contributed by atoms with Crippen LogP contribution in [0.2, 0.25) is 0 Å². The summed E-state index contributed by atoms with van der Waals surface area (Å²) in [6.45, 7) is 2.04. The first-order valence-corrected chi connectivity index (χ1v) is 9.51. The lowest BCUT2D eigenvalue weighted by atomic mass is 9.99. The van der Waals surface area contributed by atoms with Crippen molar-refractivity contribution in [1.29, 1.82) is 0 Å². The Bertz CT molecular complexity index is 1170. The van der Waals surface area contributed by atoms with Crippen LogP contribution in [0.1, 0.15) is 23.6 Å². The zero-order valence-electron chi connectivity index (χ0n) is 15.9. The van der Waals surface area contributed by atoms with Crippen molar-refractivity contribution in [3.05, 3.63) is 95.1 Å². The van der Waals surface area contributed by atoms with E-state index in [1.165, 1.54) is 6.07 Å². The summed E-state index contributed by atoms with van der Waals surface area (Å²) in [5.74, 6) is -1.45. The SMILES string of the molecule is CCc1cnc(-c2ccc3c(F)c(CCc4ccc(F)c(F)c4)ccc3c2)nc1. The molecule has 1 heterocycles. The summed E-state index contributed by atoms with van der Waals surface area (Å²) >= 11 is 0. The molecule has 0 aliphatic carbocycles. The minimum atomic E-state index is -0.886. The van der Waals surface area contributed by atoms with Gasteiger partial charge in [0.25, 0.3) is 0 Å². The number of rotatable bonds is 5. The number of hydrogen-bond donors (Lipinski definition) is 0. The van der Waals surface area contributed by atoms with Crippen molar-refractivity contribution in [2.24, 2.45) is 0 Å². The first-order valence-electron chi connectivity index (χ1n) is 9.51. The Morgan fingerprint density at radius 1 is 0.759 bits per heavy atom. The van der Waals surface area contributed by atoms with Gasteiger partial charge in [0.2, 0.25) is 0 Å². The highest BCUT2D eigenvalue weighted by Crippen LogP contribution is 2.26. The van der Waals surface area contributed by atoms with Crippen LogP contribution in [0.25, 0.3) is 22.2 Å². The fraction of sp³-hybridized carbons (Fsp3) is 0.167. The molecule has 0 spiro atoms. The number of hydrogen-bond acceptors (Lipinski definition) is 2. The first kappa shape index (κ1) is 19.1. The third-order valence-electron chi connectivity index (χ3n) is 5.07. The maximum Gasteiger partial charge on any atom is 0.159 e. The summed E-state index contributed by atoms with van der Waals surface area (Å²) in [4.78, 5) is 8.76. The van der Waals surface area contributed by atoms with Gasteiger partial charge in [-0.25, -0.2) is 23.1 Å². The van der Waals surface area contributed by atoms with E-state index >= 15 is 0 Å². The minimum Gasteiger partial charge on any atom is -0.236 e. The summed E-state index contributed by atoms with van der Waals surface area (Å²) in [6.07, 6.45) is 5.30. The minimum absolute atomic E-state index is 0.293. The summed E-state index contributed by atoms with van der Waals surface area (Å²) in [6, 6.07) is 12.8. The van der Waals surface area contributed by atoms with E-state index in [1.807, 2.05) is 25.1 Å². The highest BCUT2D eigenvalue weighted by Gasteiger charge is 2.11. The topological polar surface area (TPSA) is 25.8 Å². The van der Waals surface area contributed by atoms with Crippen LogP contribution < -0.4 is 0 Å². The maximum atomic E-state index is 15.0. The van der Waals surface area contributed by atoms with E-state index in [9.17, 15) is 13.2 Å². The van der Waals surface area contributed by atoms with Crippen LogP contribution >= 0.6 is 0 Å². The molecule has 1 aromatic heterocycles. The van der Waals surface area contributed by atoms with Crippen LogP contribution in [0.5, 0.6) is 0 Å². The van der Waals surface area contributed by atoms with Gasteiger partial charge < -0.3 is 0 Å². The maximum absolute atomic E-state index is 15.0. The number of halogens is 3. The van der Waals surface area contributed by atoms with Crippen molar-refractivity contribution < 1.29 is 13.2 Å². The molecule has 0 amide bonds. The van der Waals surface area contributed by atoms with Crippen molar-refractivity contribution in [2.75, 3.05) is 0 Å². The molecule has 0 aliphatic heterocycles. The van der Waals surface area contributed by atoms with Crippen molar-refractivity contribution in [1.82, 2.24) is 9.97 Å². The average molecular weight is 392 g/mol. The molecule has 4 rings (SSSR count). The zero-order valence-corrected chi connectivity index (χ0v) is 15.9. The number of nitrogens with zero attached hydrogens (tertiary/aromatic N) is 2. The standard InChI is InChI=1S/C24H19F3N2/c1-2-15-13-28-24(29-14-15)19-8-9-20-18(12-19)7-6-17(23(20)27)5-3-16-4-10-21(25)22(26)11-16/h4,6-14H,2-3,5H2,1H3. The number of aryl methyl sites for hydroxylation is 3. The normalized spacial score (nSPS) is 11.2. The van der Waals surface area contributed by atoms with Crippen molar-refractivity contribution >= 4 is 10.8 Å². The van der Waals surface area contributed by atoms with Crippen molar-refractivity contribution in [2.45, 2.75) is 26.2 Å². The third-order valence-corrected chi connectivity index (χ3v) is 5.07. The molecular formula is C24H19F3N2. The second-order valence-corrected chi connectivity index (χ2v) is 6.99. The molecule has 0 radical (unpaired) electrons. The van der Waals surface area contributed by atoms with E-state index < -0.39 is 11.6 Å². The molecule has 2 nitrogen and oxygen atoms in total. The summed E-state index contributed by atoms with van der Waals surface area (Å²) in [7, 11) is 0. The van der Waals surface area contributed by atoms with Crippen LogP contribution in [0.15, 0.2) is 60.9 Å². The van der Waals surface area contributed by atoms with Gasteiger partial charge in [-0.2, -0.15) is 0 Å². The molecule has 0 N–H and O–H groups in total. The lowest BCUT2D eigenvalue weighted by molar-refractivity contribution is 0.507. The molecule has 0 aliphatic rings. The van der Waals surface area contributed by atoms with E-state index in [1.54, 1.807) is 24.5 Å². The number of fused-ring (bicyclic) bond motifs is 1. The van der Waals surface area contributed by atoms with E-state index in [0.717, 1.165) is 35.1 Å². The smallest absolute Gasteiger partial charge is 0.159 e. The Hall–Kier alpha value is -3.21. The monoisotopic (exact) mass is 392 g/mol. The second kappa shape index (κ2) is 8.03. The number of aromatic nitrogens is 2. The summed E-state index contributed by atoms with van der Waals surface area (Å²) in [5, 5.41) is 1.28. The molecule has 0 fully saturated rings. The van der Waals surface area contributed by atoms with Gasteiger partial charge in [-0.05, 0) is 59.5 Å². The Kier molecular flexibility index (Phi) is 5.30. The molecule has 0 unspecified atom stereocenters. The molecule has 4 aromatic rings. The van der Waals surface area contributed by atoms with Gasteiger partial charge in [-0.1, -0.05) is 37.3 Å². The first-order chi connectivity index (χ1) is 14.0. The Balaban J connectivity index is 1.59. The van der Waals surface area contributed by atoms with Crippen molar-refractivity contribution in [3.8, 4) is 11.4 Å². The molecule has 0 atom stereocenters. The Morgan fingerprint density at radius 2 is 1.55 bits per heavy atom. The van der Waals surface area contributed by atoms with Gasteiger partial charge in [0, 0.05) is 23.3 Å². The summed E-state index contributed by atoms with van der Waals surface area (Å²) < 4.78 is 41.4. The second-order valence-electron chi connectivity index (χ2n) is 6.99. The van der Waals surface area contributed by atoms with Gasteiger partial charge in [-0.3, -0.25) is 0 Å². The molecule has 0 saturated heterocycles. The average Bonchev–Trinajstić information content (AvgIpc) is 2.75. The predicted octanol–water partition coefficient (Wildman–Crippen LogP) is 6.06. The van der Waals surface area contributed by atoms with Crippen LogP contribution in [0.4, 0.5) is 13.2 Å².